The lowest BCUT2D eigenvalue weighted by Gasteiger charge is -2.11. The number of carboxylic acid groups (broad SMARTS) is 1. The molecule has 2 heterocycles. The summed E-state index contributed by atoms with van der Waals surface area (Å²) in [7, 11) is 0. The first kappa shape index (κ1) is 23.9. The Kier molecular flexibility index (Phi) is 6.54. The second kappa shape index (κ2) is 9.57. The third-order valence-corrected chi connectivity index (χ3v) is 6.18. The van der Waals surface area contributed by atoms with Gasteiger partial charge in [0.1, 0.15) is 11.5 Å². The second-order valence-corrected chi connectivity index (χ2v) is 8.60. The van der Waals surface area contributed by atoms with Crippen LogP contribution in [0.2, 0.25) is 5.02 Å². The third kappa shape index (κ3) is 5.00. The molecule has 0 unspecified atom stereocenters. The molecule has 0 spiro atoms. The highest BCUT2D eigenvalue weighted by Gasteiger charge is 2.36. The van der Waals surface area contributed by atoms with E-state index in [2.05, 4.69) is 0 Å². The van der Waals surface area contributed by atoms with Gasteiger partial charge in [-0.15, -0.1) is 0 Å². The van der Waals surface area contributed by atoms with Gasteiger partial charge in [0.05, 0.1) is 27.0 Å². The molecule has 176 valence electrons. The van der Waals surface area contributed by atoms with Gasteiger partial charge < -0.3 is 9.52 Å². The Morgan fingerprint density at radius 3 is 2.46 bits per heavy atom. The lowest BCUT2D eigenvalue weighted by atomic mass is 10.1. The van der Waals surface area contributed by atoms with Gasteiger partial charge in [-0.3, -0.25) is 29.4 Å². The number of thioether (sulfide) groups is 1. The number of imide groups is 1. The number of carboxylic acids is 1. The zero-order valence-corrected chi connectivity index (χ0v) is 19.0. The minimum atomic E-state index is -1.16. The van der Waals surface area contributed by atoms with Crippen LogP contribution < -0.4 is 0 Å². The molecule has 12 heteroatoms. The van der Waals surface area contributed by atoms with Crippen LogP contribution in [0.25, 0.3) is 17.4 Å². The van der Waals surface area contributed by atoms with Gasteiger partial charge in [-0.1, -0.05) is 17.7 Å². The summed E-state index contributed by atoms with van der Waals surface area (Å²) >= 11 is 6.64. The third-order valence-electron chi connectivity index (χ3n) is 4.96. The van der Waals surface area contributed by atoms with Crippen LogP contribution in [0.15, 0.2) is 63.9 Å². The van der Waals surface area contributed by atoms with E-state index in [1.54, 1.807) is 12.1 Å². The number of Topliss-reactive ketones (excluding diaryl/α,β-unsaturated/α-hetero) is 1. The Bertz CT molecular complexity index is 1430. The topological polar surface area (TPSA) is 148 Å². The number of carbonyl (C=O) groups is 4. The van der Waals surface area contributed by atoms with Gasteiger partial charge in [-0.2, -0.15) is 0 Å². The van der Waals surface area contributed by atoms with E-state index in [1.807, 2.05) is 0 Å². The Balaban J connectivity index is 1.49. The van der Waals surface area contributed by atoms with E-state index >= 15 is 0 Å². The van der Waals surface area contributed by atoms with Crippen molar-refractivity contribution in [3.63, 3.8) is 0 Å². The van der Waals surface area contributed by atoms with Crippen LogP contribution in [-0.4, -0.2) is 44.4 Å². The zero-order valence-electron chi connectivity index (χ0n) is 17.5. The molecule has 1 N–H and O–H groups in total. The van der Waals surface area contributed by atoms with Gasteiger partial charge in [-0.25, -0.2) is 4.79 Å². The van der Waals surface area contributed by atoms with Crippen molar-refractivity contribution >= 4 is 58.0 Å². The van der Waals surface area contributed by atoms with Crippen LogP contribution in [0, 0.1) is 10.1 Å². The van der Waals surface area contributed by atoms with Crippen molar-refractivity contribution in [1.29, 1.82) is 0 Å². The fraction of sp³-hybridized carbons (Fsp3) is 0.0435. The van der Waals surface area contributed by atoms with Crippen LogP contribution in [0.3, 0.4) is 0 Å². The summed E-state index contributed by atoms with van der Waals surface area (Å²) in [5.41, 5.74) is 0.399. The van der Waals surface area contributed by atoms with Crippen molar-refractivity contribution in [2.45, 2.75) is 0 Å². The molecule has 2 aromatic carbocycles. The summed E-state index contributed by atoms with van der Waals surface area (Å²) in [6.07, 6.45) is 1.36. The molecule has 10 nitrogen and oxygen atoms in total. The number of amides is 2. The summed E-state index contributed by atoms with van der Waals surface area (Å²) in [6.45, 7) is -0.516. The smallest absolute Gasteiger partial charge is 0.337 e. The zero-order chi connectivity index (χ0) is 25.3. The fourth-order valence-corrected chi connectivity index (χ4v) is 4.28. The molecule has 1 saturated heterocycles. The number of hydrogen-bond acceptors (Lipinski definition) is 8. The molecule has 3 aromatic rings. The SMILES string of the molecule is O=C(CN1C(=O)S/C(=C\c2ccc(-c3ccc(C(=O)O)c(Cl)c3)o2)C1=O)c1ccc([N+](=O)[O-])cc1. The van der Waals surface area contributed by atoms with Gasteiger partial charge >= 0.3 is 5.97 Å². The Morgan fingerprint density at radius 2 is 1.83 bits per heavy atom. The highest BCUT2D eigenvalue weighted by atomic mass is 35.5. The molecule has 0 bridgehead atoms. The Morgan fingerprint density at radius 1 is 1.11 bits per heavy atom. The molecule has 2 amide bonds. The predicted octanol–water partition coefficient (Wildman–Crippen LogP) is 5.13. The highest BCUT2D eigenvalue weighted by Crippen LogP contribution is 2.34. The predicted molar refractivity (Wildman–Crippen MR) is 126 cm³/mol. The van der Waals surface area contributed by atoms with Gasteiger partial charge in [-0.05, 0) is 48.2 Å². The normalized spacial score (nSPS) is 14.5. The second-order valence-electron chi connectivity index (χ2n) is 7.20. The van der Waals surface area contributed by atoms with Crippen LogP contribution in [0.5, 0.6) is 0 Å². The Labute approximate surface area is 205 Å². The highest BCUT2D eigenvalue weighted by molar-refractivity contribution is 8.18. The molecule has 4 rings (SSSR count). The molecule has 35 heavy (non-hydrogen) atoms. The minimum absolute atomic E-state index is 0.0340. The number of rotatable bonds is 7. The van der Waals surface area contributed by atoms with E-state index in [1.165, 1.54) is 36.4 Å². The summed E-state index contributed by atoms with van der Waals surface area (Å²) in [5, 5.41) is 19.2. The largest absolute Gasteiger partial charge is 0.478 e. The maximum atomic E-state index is 12.7. The summed E-state index contributed by atoms with van der Waals surface area (Å²) < 4.78 is 5.69. The van der Waals surface area contributed by atoms with Crippen molar-refractivity contribution in [2.24, 2.45) is 0 Å². The molecule has 1 fully saturated rings. The maximum Gasteiger partial charge on any atom is 0.337 e. The number of non-ortho nitro benzene ring substituents is 1. The van der Waals surface area contributed by atoms with Gasteiger partial charge in [0.25, 0.3) is 16.8 Å². The number of furan rings is 1. The molecule has 0 saturated carbocycles. The fourth-order valence-electron chi connectivity index (χ4n) is 3.20. The van der Waals surface area contributed by atoms with E-state index in [0.29, 0.717) is 23.1 Å². The average Bonchev–Trinajstić information content (AvgIpc) is 3.39. The quantitative estimate of drug-likeness (QED) is 0.197. The lowest BCUT2D eigenvalue weighted by molar-refractivity contribution is -0.384. The van der Waals surface area contributed by atoms with Crippen molar-refractivity contribution in [3.05, 3.63) is 91.5 Å². The van der Waals surface area contributed by atoms with E-state index in [0.717, 1.165) is 17.0 Å². The van der Waals surface area contributed by atoms with E-state index in [4.69, 9.17) is 21.1 Å². The number of nitro groups is 1. The molecule has 1 aliphatic rings. The first-order valence-electron chi connectivity index (χ1n) is 9.80. The summed E-state index contributed by atoms with van der Waals surface area (Å²) in [6, 6.07) is 12.3. The van der Waals surface area contributed by atoms with Gasteiger partial charge in [0.15, 0.2) is 5.78 Å². The van der Waals surface area contributed by atoms with E-state index in [-0.39, 0.29) is 32.5 Å². The molecule has 0 aliphatic carbocycles. The van der Waals surface area contributed by atoms with Crippen molar-refractivity contribution in [2.75, 3.05) is 6.54 Å². The molecule has 0 radical (unpaired) electrons. The number of ketones is 1. The molecular weight excluding hydrogens is 500 g/mol. The number of nitrogens with zero attached hydrogens (tertiary/aromatic N) is 2. The minimum Gasteiger partial charge on any atom is -0.478 e. The average molecular weight is 513 g/mol. The van der Waals surface area contributed by atoms with Crippen LogP contribution in [0.4, 0.5) is 10.5 Å². The number of halogens is 1. The van der Waals surface area contributed by atoms with Crippen LogP contribution in [-0.2, 0) is 4.79 Å². The molecule has 0 atom stereocenters. The number of hydrogen-bond donors (Lipinski definition) is 1. The standard InChI is InChI=1S/C23H13ClN2O8S/c24-17-9-13(3-7-16(17)22(29)30)19-8-6-15(34-19)10-20-21(28)25(23(31)35-20)11-18(27)12-1-4-14(5-2-12)26(32)33/h1-10H,11H2,(H,29,30)/b20-10-. The first-order valence-corrected chi connectivity index (χ1v) is 11.0. The van der Waals surface area contributed by atoms with Gasteiger partial charge in [0.2, 0.25) is 0 Å². The molecule has 1 aliphatic heterocycles. The van der Waals surface area contributed by atoms with Crippen LogP contribution >= 0.6 is 23.4 Å². The number of nitro benzene ring substituents is 1. The summed E-state index contributed by atoms with van der Waals surface area (Å²) in [4.78, 5) is 59.6. The first-order chi connectivity index (χ1) is 16.6. The maximum absolute atomic E-state index is 12.7. The number of carbonyl (C=O) groups excluding carboxylic acids is 3. The van der Waals surface area contributed by atoms with Gasteiger partial charge in [0, 0.05) is 29.3 Å². The van der Waals surface area contributed by atoms with E-state index in [9.17, 15) is 29.3 Å². The number of aromatic carboxylic acids is 1. The van der Waals surface area contributed by atoms with Crippen molar-refractivity contribution < 1.29 is 33.6 Å². The van der Waals surface area contributed by atoms with E-state index < -0.39 is 34.4 Å². The number of benzene rings is 2. The van der Waals surface area contributed by atoms with Crippen molar-refractivity contribution in [1.82, 2.24) is 4.90 Å². The molecular formula is C23H13ClN2O8S. The summed E-state index contributed by atoms with van der Waals surface area (Å²) in [5.74, 6) is -1.77. The lowest BCUT2D eigenvalue weighted by Crippen LogP contribution is -2.33. The van der Waals surface area contributed by atoms with Crippen LogP contribution in [0.1, 0.15) is 26.5 Å². The monoisotopic (exact) mass is 512 g/mol. The molecule has 1 aromatic heterocycles. The van der Waals surface area contributed by atoms with Crippen molar-refractivity contribution in [3.8, 4) is 11.3 Å². The Hall–Kier alpha value is -4.22.